The van der Waals surface area contributed by atoms with Gasteiger partial charge in [-0.05, 0) is 51.1 Å². The molecule has 1 aliphatic rings. The Kier molecular flexibility index (Phi) is 5.28. The van der Waals surface area contributed by atoms with Gasteiger partial charge in [-0.2, -0.15) is 0 Å². The first kappa shape index (κ1) is 20.7. The molecule has 160 valence electrons. The van der Waals surface area contributed by atoms with E-state index in [0.29, 0.717) is 34.2 Å². The van der Waals surface area contributed by atoms with Crippen LogP contribution in [0.1, 0.15) is 36.6 Å². The molecule has 1 aliphatic heterocycles. The fourth-order valence-corrected chi connectivity index (χ4v) is 3.64. The number of benzene rings is 2. The summed E-state index contributed by atoms with van der Waals surface area (Å²) in [4.78, 5) is 17.0. The van der Waals surface area contributed by atoms with E-state index in [1.807, 2.05) is 31.4 Å². The number of aliphatic imine (C=N–C) groups is 1. The van der Waals surface area contributed by atoms with Crippen molar-refractivity contribution >= 4 is 17.4 Å². The summed E-state index contributed by atoms with van der Waals surface area (Å²) < 4.78 is 16.7. The maximum absolute atomic E-state index is 14.8. The molecule has 1 aromatic heterocycles. The van der Waals surface area contributed by atoms with Gasteiger partial charge in [-0.1, -0.05) is 12.1 Å². The third-order valence-electron chi connectivity index (χ3n) is 5.04. The highest BCUT2D eigenvalue weighted by atomic mass is 19.1. The third kappa shape index (κ3) is 3.79. The number of hydrogen-bond donors (Lipinski definition) is 3. The summed E-state index contributed by atoms with van der Waals surface area (Å²) in [6.07, 6.45) is 0. The van der Waals surface area contributed by atoms with E-state index in [0.717, 1.165) is 5.69 Å². The summed E-state index contributed by atoms with van der Waals surface area (Å²) in [6, 6.07) is 11.3. The number of aromatic nitrogens is 3. The van der Waals surface area contributed by atoms with Gasteiger partial charge in [0.2, 0.25) is 0 Å². The van der Waals surface area contributed by atoms with Gasteiger partial charge in [0.05, 0.1) is 18.0 Å². The van der Waals surface area contributed by atoms with Crippen molar-refractivity contribution in [3.8, 4) is 5.69 Å². The van der Waals surface area contributed by atoms with Crippen LogP contribution in [0.2, 0.25) is 0 Å². The molecule has 0 saturated carbocycles. The smallest absolute Gasteiger partial charge is 0.319 e. The number of urea groups is 1. The van der Waals surface area contributed by atoms with E-state index in [1.165, 1.54) is 6.07 Å². The molecule has 31 heavy (non-hydrogen) atoms. The molecule has 3 aromatic rings. The monoisotopic (exact) mass is 422 g/mol. The summed E-state index contributed by atoms with van der Waals surface area (Å²) in [5.74, 6) is 0.922. The number of rotatable bonds is 4. The lowest BCUT2D eigenvalue weighted by atomic mass is 9.98. The molecule has 4 rings (SSSR count). The quantitative estimate of drug-likeness (QED) is 0.601. The van der Waals surface area contributed by atoms with Gasteiger partial charge in [-0.3, -0.25) is 9.56 Å². The summed E-state index contributed by atoms with van der Waals surface area (Å²) in [6.45, 7) is 5.63. The first-order chi connectivity index (χ1) is 14.8. The van der Waals surface area contributed by atoms with Gasteiger partial charge in [0.15, 0.2) is 5.82 Å². The SMILES string of the molecule is Cc1nnc2n1-c1ccc(NC(=O)NCCO)cc1C(c1ccccc1F)=NC2(C)C. The molecular weight excluding hydrogens is 399 g/mol. The van der Waals surface area contributed by atoms with Crippen molar-refractivity contribution in [3.63, 3.8) is 0 Å². The van der Waals surface area contributed by atoms with Crippen molar-refractivity contribution in [2.24, 2.45) is 4.99 Å². The predicted molar refractivity (Wildman–Crippen MR) is 115 cm³/mol. The lowest BCUT2D eigenvalue weighted by molar-refractivity contribution is 0.245. The van der Waals surface area contributed by atoms with Gasteiger partial charge in [0.1, 0.15) is 17.2 Å². The van der Waals surface area contributed by atoms with Gasteiger partial charge in [0.25, 0.3) is 0 Å². The molecule has 0 spiro atoms. The van der Waals surface area contributed by atoms with Crippen molar-refractivity contribution in [2.45, 2.75) is 26.3 Å². The molecule has 0 aliphatic carbocycles. The van der Waals surface area contributed by atoms with Crippen LogP contribution in [0.5, 0.6) is 0 Å². The van der Waals surface area contributed by atoms with Crippen LogP contribution in [-0.4, -0.2) is 44.8 Å². The van der Waals surface area contributed by atoms with Gasteiger partial charge in [0, 0.05) is 23.4 Å². The third-order valence-corrected chi connectivity index (χ3v) is 5.04. The number of halogens is 1. The zero-order valence-corrected chi connectivity index (χ0v) is 17.5. The molecule has 0 fully saturated rings. The molecule has 0 radical (unpaired) electrons. The second kappa shape index (κ2) is 7.92. The Labute approximate surface area is 178 Å². The van der Waals surface area contributed by atoms with Crippen molar-refractivity contribution < 1.29 is 14.3 Å². The topological polar surface area (TPSA) is 104 Å². The highest BCUT2D eigenvalue weighted by Crippen LogP contribution is 2.35. The highest BCUT2D eigenvalue weighted by Gasteiger charge is 2.34. The minimum atomic E-state index is -0.774. The number of amides is 2. The Morgan fingerprint density at radius 2 is 1.94 bits per heavy atom. The number of fused-ring (bicyclic) bond motifs is 3. The van der Waals surface area contributed by atoms with Gasteiger partial charge >= 0.3 is 6.03 Å². The van der Waals surface area contributed by atoms with Crippen LogP contribution < -0.4 is 10.6 Å². The predicted octanol–water partition coefficient (Wildman–Crippen LogP) is 2.91. The molecular formula is C22H23FN6O2. The van der Waals surface area contributed by atoms with Gasteiger partial charge in [-0.25, -0.2) is 9.18 Å². The second-order valence-corrected chi connectivity index (χ2v) is 7.74. The number of aliphatic hydroxyl groups is 1. The maximum atomic E-state index is 14.8. The molecule has 0 atom stereocenters. The van der Waals surface area contributed by atoms with Crippen LogP contribution >= 0.6 is 0 Å². The molecule has 3 N–H and O–H groups in total. The zero-order valence-electron chi connectivity index (χ0n) is 17.5. The second-order valence-electron chi connectivity index (χ2n) is 7.74. The van der Waals surface area contributed by atoms with Crippen LogP contribution in [0.4, 0.5) is 14.9 Å². The summed E-state index contributed by atoms with van der Waals surface area (Å²) in [7, 11) is 0. The number of nitrogens with one attached hydrogen (secondary N) is 2. The fourth-order valence-electron chi connectivity index (χ4n) is 3.64. The van der Waals surface area contributed by atoms with E-state index >= 15 is 0 Å². The van der Waals surface area contributed by atoms with Crippen LogP contribution in [0.25, 0.3) is 5.69 Å². The Morgan fingerprint density at radius 3 is 2.68 bits per heavy atom. The lowest BCUT2D eigenvalue weighted by Gasteiger charge is -2.18. The fraction of sp³-hybridized carbons (Fsp3) is 0.273. The minimum absolute atomic E-state index is 0.135. The largest absolute Gasteiger partial charge is 0.395 e. The molecule has 2 heterocycles. The van der Waals surface area contributed by atoms with E-state index < -0.39 is 17.4 Å². The summed E-state index contributed by atoms with van der Waals surface area (Å²) >= 11 is 0. The molecule has 9 heteroatoms. The number of hydrogen-bond acceptors (Lipinski definition) is 5. The van der Waals surface area contributed by atoms with E-state index in [1.54, 1.807) is 30.3 Å². The molecule has 0 unspecified atom stereocenters. The first-order valence-corrected chi connectivity index (χ1v) is 9.89. The maximum Gasteiger partial charge on any atom is 0.319 e. The highest BCUT2D eigenvalue weighted by molar-refractivity contribution is 6.16. The van der Waals surface area contributed by atoms with Crippen molar-refractivity contribution in [3.05, 3.63) is 71.1 Å². The Hall–Kier alpha value is -3.59. The average Bonchev–Trinajstić information content (AvgIpc) is 3.09. The first-order valence-electron chi connectivity index (χ1n) is 9.89. The molecule has 0 saturated heterocycles. The number of carbonyl (C=O) groups excluding carboxylic acids is 1. The Morgan fingerprint density at radius 1 is 1.16 bits per heavy atom. The van der Waals surface area contributed by atoms with E-state index in [-0.39, 0.29) is 13.2 Å². The number of aliphatic hydroxyl groups excluding tert-OH is 1. The number of nitrogens with zero attached hydrogens (tertiary/aromatic N) is 4. The number of aryl methyl sites for hydroxylation is 1. The van der Waals surface area contributed by atoms with Crippen LogP contribution in [-0.2, 0) is 5.54 Å². The normalized spacial score (nSPS) is 14.2. The Bertz CT molecular complexity index is 1180. The van der Waals surface area contributed by atoms with E-state index in [4.69, 9.17) is 10.1 Å². The van der Waals surface area contributed by atoms with Crippen LogP contribution in [0, 0.1) is 12.7 Å². The van der Waals surface area contributed by atoms with Crippen molar-refractivity contribution in [1.82, 2.24) is 20.1 Å². The van der Waals surface area contributed by atoms with Crippen molar-refractivity contribution in [2.75, 3.05) is 18.5 Å². The lowest BCUT2D eigenvalue weighted by Crippen LogP contribution is -2.31. The average molecular weight is 422 g/mol. The van der Waals surface area contributed by atoms with Crippen LogP contribution in [0.3, 0.4) is 0 Å². The molecule has 2 aromatic carbocycles. The molecule has 0 bridgehead atoms. The van der Waals surface area contributed by atoms with Crippen LogP contribution in [0.15, 0.2) is 47.5 Å². The van der Waals surface area contributed by atoms with Crippen molar-refractivity contribution in [1.29, 1.82) is 0 Å². The van der Waals surface area contributed by atoms with Gasteiger partial charge in [-0.15, -0.1) is 10.2 Å². The number of carbonyl (C=O) groups is 1. The number of anilines is 1. The molecule has 2 amide bonds. The summed E-state index contributed by atoms with van der Waals surface area (Å²) in [5.41, 5.74) is 1.93. The zero-order chi connectivity index (χ0) is 22.2. The Balaban J connectivity index is 1.92. The summed E-state index contributed by atoms with van der Waals surface area (Å²) in [5, 5.41) is 22.7. The molecule has 8 nitrogen and oxygen atoms in total. The standard InChI is InChI=1S/C22H23FN6O2/c1-13-27-28-20-22(2,3)26-19(15-6-4-5-7-17(15)23)16-12-14(8-9-18(16)29(13)20)25-21(31)24-10-11-30/h4-9,12,30H,10-11H2,1-3H3,(H2,24,25,31). The van der Waals surface area contributed by atoms with E-state index in [2.05, 4.69) is 20.8 Å². The van der Waals surface area contributed by atoms with Gasteiger partial charge < -0.3 is 15.7 Å². The minimum Gasteiger partial charge on any atom is -0.395 e. The van der Waals surface area contributed by atoms with E-state index in [9.17, 15) is 9.18 Å².